The molecular formula is C15H22N2S2. The summed E-state index contributed by atoms with van der Waals surface area (Å²) in [6.07, 6.45) is 1.08. The smallest absolute Gasteiger partial charge is 0.0466 e. The van der Waals surface area contributed by atoms with Gasteiger partial charge in [0.15, 0.2) is 0 Å². The average Bonchev–Trinajstić information content (AvgIpc) is 2.99. The van der Waals surface area contributed by atoms with E-state index >= 15 is 0 Å². The minimum Gasteiger partial charge on any atom is -0.308 e. The molecule has 0 saturated carbocycles. The van der Waals surface area contributed by atoms with E-state index in [0.29, 0.717) is 12.1 Å². The van der Waals surface area contributed by atoms with Crippen LogP contribution < -0.4 is 5.32 Å². The zero-order valence-electron chi connectivity index (χ0n) is 11.8. The molecule has 0 spiro atoms. The number of rotatable bonds is 7. The highest BCUT2D eigenvalue weighted by Gasteiger charge is 2.16. The molecule has 0 bridgehead atoms. The van der Waals surface area contributed by atoms with Crippen molar-refractivity contribution in [1.82, 2.24) is 10.2 Å². The van der Waals surface area contributed by atoms with E-state index in [0.717, 1.165) is 13.0 Å². The molecule has 104 valence electrons. The lowest BCUT2D eigenvalue weighted by Gasteiger charge is -2.24. The summed E-state index contributed by atoms with van der Waals surface area (Å²) in [7, 11) is 4.25. The van der Waals surface area contributed by atoms with Gasteiger partial charge < -0.3 is 10.2 Å². The average molecular weight is 294 g/mol. The van der Waals surface area contributed by atoms with Crippen LogP contribution >= 0.6 is 22.7 Å². The molecule has 2 rings (SSSR count). The number of hydrogen-bond donors (Lipinski definition) is 1. The fourth-order valence-electron chi connectivity index (χ4n) is 2.30. The zero-order valence-corrected chi connectivity index (χ0v) is 13.4. The second kappa shape index (κ2) is 7.20. The quantitative estimate of drug-likeness (QED) is 0.839. The van der Waals surface area contributed by atoms with Gasteiger partial charge >= 0.3 is 0 Å². The third-order valence-corrected chi connectivity index (χ3v) is 4.88. The molecule has 2 aromatic heterocycles. The zero-order chi connectivity index (χ0) is 13.7. The molecule has 4 heteroatoms. The van der Waals surface area contributed by atoms with Crippen LogP contribution in [0.1, 0.15) is 22.7 Å². The Hall–Kier alpha value is -0.680. The van der Waals surface area contributed by atoms with Crippen LogP contribution in [-0.2, 0) is 6.42 Å². The van der Waals surface area contributed by atoms with Crippen LogP contribution in [0.2, 0.25) is 0 Å². The number of nitrogens with zero attached hydrogens (tertiary/aromatic N) is 1. The third kappa shape index (κ3) is 4.73. The molecule has 2 nitrogen and oxygen atoms in total. The van der Waals surface area contributed by atoms with Gasteiger partial charge in [0, 0.05) is 34.8 Å². The van der Waals surface area contributed by atoms with Crippen LogP contribution in [0.15, 0.2) is 35.0 Å². The summed E-state index contributed by atoms with van der Waals surface area (Å²) in [4.78, 5) is 5.11. The SMILES string of the molecule is CC(CN(C)C)NC(Cc1cccs1)c1cccs1. The first kappa shape index (κ1) is 14.7. The van der Waals surface area contributed by atoms with Gasteiger partial charge in [-0.1, -0.05) is 12.1 Å². The lowest BCUT2D eigenvalue weighted by molar-refractivity contribution is 0.330. The van der Waals surface area contributed by atoms with Crippen molar-refractivity contribution >= 4 is 22.7 Å². The first-order valence-corrected chi connectivity index (χ1v) is 8.37. The maximum Gasteiger partial charge on any atom is 0.0466 e. The molecule has 0 fully saturated rings. The fraction of sp³-hybridized carbons (Fsp3) is 0.467. The largest absolute Gasteiger partial charge is 0.308 e. The van der Waals surface area contributed by atoms with Crippen LogP contribution in [0, 0.1) is 0 Å². The Morgan fingerprint density at radius 3 is 2.47 bits per heavy atom. The van der Waals surface area contributed by atoms with Gasteiger partial charge in [0.2, 0.25) is 0 Å². The predicted octanol–water partition coefficient (Wildman–Crippen LogP) is 3.63. The second-order valence-electron chi connectivity index (χ2n) is 5.18. The summed E-state index contributed by atoms with van der Waals surface area (Å²) in [5.41, 5.74) is 0. The summed E-state index contributed by atoms with van der Waals surface area (Å²) >= 11 is 3.69. The van der Waals surface area contributed by atoms with Crippen LogP contribution in [0.25, 0.3) is 0 Å². The van der Waals surface area contributed by atoms with E-state index in [1.165, 1.54) is 9.75 Å². The van der Waals surface area contributed by atoms with Crippen molar-refractivity contribution in [2.45, 2.75) is 25.4 Å². The Labute approximate surface area is 124 Å². The van der Waals surface area contributed by atoms with Crippen molar-refractivity contribution in [2.75, 3.05) is 20.6 Å². The first-order valence-electron chi connectivity index (χ1n) is 6.61. The normalized spacial score (nSPS) is 14.7. The van der Waals surface area contributed by atoms with E-state index in [1.807, 2.05) is 22.7 Å². The molecule has 2 atom stereocenters. The van der Waals surface area contributed by atoms with Gasteiger partial charge in [-0.25, -0.2) is 0 Å². The molecule has 2 aromatic rings. The van der Waals surface area contributed by atoms with Gasteiger partial charge in [-0.3, -0.25) is 0 Å². The van der Waals surface area contributed by atoms with Crippen LogP contribution in [0.5, 0.6) is 0 Å². The topological polar surface area (TPSA) is 15.3 Å². The van der Waals surface area contributed by atoms with Crippen molar-refractivity contribution in [3.05, 3.63) is 44.8 Å². The summed E-state index contributed by atoms with van der Waals surface area (Å²) in [6, 6.07) is 9.65. The van der Waals surface area contributed by atoms with Crippen molar-refractivity contribution in [1.29, 1.82) is 0 Å². The van der Waals surface area contributed by atoms with Crippen LogP contribution in [0.3, 0.4) is 0 Å². The Balaban J connectivity index is 2.02. The molecule has 19 heavy (non-hydrogen) atoms. The summed E-state index contributed by atoms with van der Waals surface area (Å²) < 4.78 is 0. The number of nitrogens with one attached hydrogen (secondary N) is 1. The molecule has 2 heterocycles. The van der Waals surface area contributed by atoms with Gasteiger partial charge in [-0.05, 0) is 43.9 Å². The van der Waals surface area contributed by atoms with Crippen LogP contribution in [0.4, 0.5) is 0 Å². The van der Waals surface area contributed by atoms with Crippen LogP contribution in [-0.4, -0.2) is 31.6 Å². The minimum atomic E-state index is 0.425. The maximum absolute atomic E-state index is 3.76. The molecule has 0 radical (unpaired) electrons. The Kier molecular flexibility index (Phi) is 5.58. The van der Waals surface area contributed by atoms with Gasteiger partial charge in [0.25, 0.3) is 0 Å². The molecule has 2 unspecified atom stereocenters. The van der Waals surface area contributed by atoms with Crippen molar-refractivity contribution in [2.24, 2.45) is 0 Å². The monoisotopic (exact) mass is 294 g/mol. The highest BCUT2D eigenvalue weighted by molar-refractivity contribution is 7.10. The highest BCUT2D eigenvalue weighted by atomic mass is 32.1. The molecule has 0 aliphatic rings. The molecule has 0 saturated heterocycles. The first-order chi connectivity index (χ1) is 9.15. The fourth-order valence-corrected chi connectivity index (χ4v) is 3.84. The highest BCUT2D eigenvalue weighted by Crippen LogP contribution is 2.25. The molecule has 0 aliphatic carbocycles. The molecule has 0 aliphatic heterocycles. The molecule has 1 N–H and O–H groups in total. The van der Waals surface area contributed by atoms with Crippen molar-refractivity contribution in [3.8, 4) is 0 Å². The van der Waals surface area contributed by atoms with Crippen molar-refractivity contribution < 1.29 is 0 Å². The lowest BCUT2D eigenvalue weighted by Crippen LogP contribution is -2.38. The van der Waals surface area contributed by atoms with Gasteiger partial charge in [-0.15, -0.1) is 22.7 Å². The Bertz CT molecular complexity index is 448. The van der Waals surface area contributed by atoms with Crippen molar-refractivity contribution in [3.63, 3.8) is 0 Å². The van der Waals surface area contributed by atoms with Gasteiger partial charge in [0.05, 0.1) is 0 Å². The van der Waals surface area contributed by atoms with Gasteiger partial charge in [-0.2, -0.15) is 0 Å². The second-order valence-corrected chi connectivity index (χ2v) is 7.19. The summed E-state index contributed by atoms with van der Waals surface area (Å²) in [5.74, 6) is 0. The number of hydrogen-bond acceptors (Lipinski definition) is 4. The summed E-state index contributed by atoms with van der Waals surface area (Å²) in [6.45, 7) is 3.32. The van der Waals surface area contributed by atoms with E-state index in [-0.39, 0.29) is 0 Å². The molecular weight excluding hydrogens is 272 g/mol. The van der Waals surface area contributed by atoms with E-state index in [4.69, 9.17) is 0 Å². The van der Waals surface area contributed by atoms with Gasteiger partial charge in [0.1, 0.15) is 0 Å². The standard InChI is InChI=1S/C15H22N2S2/c1-12(11-17(2)3)16-14(15-7-5-9-19-15)10-13-6-4-8-18-13/h4-9,12,14,16H,10-11H2,1-3H3. The predicted molar refractivity (Wildman–Crippen MR) is 86.2 cm³/mol. The number of thiophene rings is 2. The Morgan fingerprint density at radius 1 is 1.16 bits per heavy atom. The lowest BCUT2D eigenvalue weighted by atomic mass is 10.1. The van der Waals surface area contributed by atoms with E-state index in [9.17, 15) is 0 Å². The van der Waals surface area contributed by atoms with E-state index in [1.54, 1.807) is 0 Å². The third-order valence-electron chi connectivity index (χ3n) is 3.00. The number of likely N-dealkylation sites (N-methyl/N-ethyl adjacent to an activating group) is 1. The minimum absolute atomic E-state index is 0.425. The van der Waals surface area contributed by atoms with E-state index in [2.05, 4.69) is 66.3 Å². The molecule has 0 amide bonds. The maximum atomic E-state index is 3.76. The molecule has 0 aromatic carbocycles. The Morgan fingerprint density at radius 2 is 1.89 bits per heavy atom. The summed E-state index contributed by atoms with van der Waals surface area (Å²) in [5, 5.41) is 8.08. The van der Waals surface area contributed by atoms with E-state index < -0.39 is 0 Å².